The highest BCUT2D eigenvalue weighted by Gasteiger charge is 2.12. The lowest BCUT2D eigenvalue weighted by Crippen LogP contribution is -2.06. The molecule has 6 nitrogen and oxygen atoms in total. The average molecular weight is 260 g/mol. The molecule has 0 saturated heterocycles. The summed E-state index contributed by atoms with van der Waals surface area (Å²) in [7, 11) is 0. The zero-order valence-electron chi connectivity index (χ0n) is 10.5. The van der Waals surface area contributed by atoms with Gasteiger partial charge in [-0.2, -0.15) is 5.26 Å². The average Bonchev–Trinajstić information content (AvgIpc) is 2.37. The predicted molar refractivity (Wildman–Crippen MR) is 68.1 cm³/mol. The van der Waals surface area contributed by atoms with Gasteiger partial charge in [-0.1, -0.05) is 0 Å². The standard InChI is InChI=1S/C13H12N2O4/c1-3-19-13(16)11(8-14)7-10-4-5-12(15(17)18)6-9(10)2/h4-7H,3H2,1-2H3. The highest BCUT2D eigenvalue weighted by atomic mass is 16.6. The number of esters is 1. The minimum Gasteiger partial charge on any atom is -0.462 e. The third-order valence-electron chi connectivity index (χ3n) is 2.38. The van der Waals surface area contributed by atoms with Crippen molar-refractivity contribution in [1.82, 2.24) is 0 Å². The number of rotatable bonds is 4. The smallest absolute Gasteiger partial charge is 0.348 e. The molecule has 0 N–H and O–H groups in total. The Morgan fingerprint density at radius 2 is 2.26 bits per heavy atom. The van der Waals surface area contributed by atoms with Gasteiger partial charge in [-0.25, -0.2) is 4.79 Å². The molecule has 0 radical (unpaired) electrons. The third-order valence-corrected chi connectivity index (χ3v) is 2.38. The van der Waals surface area contributed by atoms with Crippen molar-refractivity contribution in [2.24, 2.45) is 0 Å². The molecule has 0 spiro atoms. The van der Waals surface area contributed by atoms with E-state index < -0.39 is 10.9 Å². The van der Waals surface area contributed by atoms with Gasteiger partial charge in [0, 0.05) is 12.1 Å². The van der Waals surface area contributed by atoms with Crippen molar-refractivity contribution in [2.75, 3.05) is 6.61 Å². The number of carbonyl (C=O) groups excluding carboxylic acids is 1. The van der Waals surface area contributed by atoms with Crippen molar-refractivity contribution < 1.29 is 14.5 Å². The first-order valence-electron chi connectivity index (χ1n) is 5.53. The van der Waals surface area contributed by atoms with Gasteiger partial charge < -0.3 is 4.74 Å². The van der Waals surface area contributed by atoms with Crippen molar-refractivity contribution in [3.8, 4) is 6.07 Å². The van der Waals surface area contributed by atoms with Crippen LogP contribution in [-0.2, 0) is 9.53 Å². The van der Waals surface area contributed by atoms with Crippen molar-refractivity contribution in [3.63, 3.8) is 0 Å². The fourth-order valence-corrected chi connectivity index (χ4v) is 1.44. The number of aryl methyl sites for hydroxylation is 1. The molecule has 98 valence electrons. The summed E-state index contributed by atoms with van der Waals surface area (Å²) in [5.41, 5.74) is 0.990. The van der Waals surface area contributed by atoms with Crippen LogP contribution in [0.25, 0.3) is 6.08 Å². The molecule has 0 unspecified atom stereocenters. The van der Waals surface area contributed by atoms with Crippen LogP contribution in [0, 0.1) is 28.4 Å². The van der Waals surface area contributed by atoms with E-state index in [0.29, 0.717) is 11.1 Å². The second-order valence-electron chi connectivity index (χ2n) is 3.69. The largest absolute Gasteiger partial charge is 0.462 e. The zero-order chi connectivity index (χ0) is 14.4. The lowest BCUT2D eigenvalue weighted by atomic mass is 10.1. The fraction of sp³-hybridized carbons (Fsp3) is 0.231. The molecule has 1 aromatic carbocycles. The normalized spacial score (nSPS) is 10.7. The molecule has 19 heavy (non-hydrogen) atoms. The number of hydrogen-bond donors (Lipinski definition) is 0. The predicted octanol–water partition coefficient (Wildman–Crippen LogP) is 2.37. The van der Waals surface area contributed by atoms with Crippen LogP contribution in [0.3, 0.4) is 0 Å². The molecule has 0 fully saturated rings. The second-order valence-corrected chi connectivity index (χ2v) is 3.69. The van der Waals surface area contributed by atoms with Crippen LogP contribution in [0.15, 0.2) is 23.8 Å². The van der Waals surface area contributed by atoms with E-state index in [1.807, 2.05) is 0 Å². The molecule has 0 heterocycles. The molecule has 0 saturated carbocycles. The van der Waals surface area contributed by atoms with Crippen LogP contribution in [0.4, 0.5) is 5.69 Å². The third kappa shape index (κ3) is 3.64. The quantitative estimate of drug-likeness (QED) is 0.272. The number of ether oxygens (including phenoxy) is 1. The molecular formula is C13H12N2O4. The van der Waals surface area contributed by atoms with Gasteiger partial charge in [-0.05, 0) is 37.1 Å². The Bertz CT molecular complexity index is 585. The highest BCUT2D eigenvalue weighted by molar-refractivity contribution is 5.98. The number of carbonyl (C=O) groups is 1. The van der Waals surface area contributed by atoms with Crippen molar-refractivity contribution in [3.05, 3.63) is 45.0 Å². The van der Waals surface area contributed by atoms with Gasteiger partial charge in [0.05, 0.1) is 11.5 Å². The van der Waals surface area contributed by atoms with Crippen LogP contribution >= 0.6 is 0 Å². The summed E-state index contributed by atoms with van der Waals surface area (Å²) in [4.78, 5) is 21.5. The maximum absolute atomic E-state index is 11.4. The molecule has 0 aliphatic rings. The minimum atomic E-state index is -0.706. The van der Waals surface area contributed by atoms with Crippen LogP contribution < -0.4 is 0 Å². The number of hydrogen-bond acceptors (Lipinski definition) is 5. The molecule has 0 amide bonds. The monoisotopic (exact) mass is 260 g/mol. The van der Waals surface area contributed by atoms with Gasteiger partial charge in [0.25, 0.3) is 5.69 Å². The van der Waals surface area contributed by atoms with Gasteiger partial charge in [0.15, 0.2) is 0 Å². The Labute approximate surface area is 110 Å². The van der Waals surface area contributed by atoms with E-state index >= 15 is 0 Å². The Morgan fingerprint density at radius 1 is 1.58 bits per heavy atom. The second kappa shape index (κ2) is 6.31. The first-order valence-corrected chi connectivity index (χ1v) is 5.53. The summed E-state index contributed by atoms with van der Waals surface area (Å²) in [6, 6.07) is 5.94. The van der Waals surface area contributed by atoms with Crippen LogP contribution in [0.5, 0.6) is 0 Å². The molecule has 0 aromatic heterocycles. The van der Waals surface area contributed by atoms with Crippen molar-refractivity contribution in [2.45, 2.75) is 13.8 Å². The summed E-state index contributed by atoms with van der Waals surface area (Å²) in [6.07, 6.45) is 1.36. The summed E-state index contributed by atoms with van der Waals surface area (Å²) >= 11 is 0. The van der Waals surface area contributed by atoms with Gasteiger partial charge >= 0.3 is 5.97 Å². The van der Waals surface area contributed by atoms with Crippen molar-refractivity contribution >= 4 is 17.7 Å². The molecular weight excluding hydrogens is 248 g/mol. The van der Waals surface area contributed by atoms with Gasteiger partial charge in [-0.15, -0.1) is 0 Å². The van der Waals surface area contributed by atoms with Crippen LogP contribution in [-0.4, -0.2) is 17.5 Å². The number of benzene rings is 1. The summed E-state index contributed by atoms with van der Waals surface area (Å²) in [6.45, 7) is 3.49. The minimum absolute atomic E-state index is 0.0377. The maximum Gasteiger partial charge on any atom is 0.348 e. The lowest BCUT2D eigenvalue weighted by molar-refractivity contribution is -0.384. The Hall–Kier alpha value is -2.68. The Kier molecular flexibility index (Phi) is 4.77. The number of nitro benzene ring substituents is 1. The molecule has 1 rings (SSSR count). The van der Waals surface area contributed by atoms with Crippen molar-refractivity contribution in [1.29, 1.82) is 5.26 Å². The fourth-order valence-electron chi connectivity index (χ4n) is 1.44. The van der Waals surface area contributed by atoms with E-state index in [0.717, 1.165) is 0 Å². The van der Waals surface area contributed by atoms with E-state index in [-0.39, 0.29) is 17.9 Å². The van der Waals surface area contributed by atoms with Crippen LogP contribution in [0.2, 0.25) is 0 Å². The zero-order valence-corrected chi connectivity index (χ0v) is 10.5. The molecule has 0 atom stereocenters. The highest BCUT2D eigenvalue weighted by Crippen LogP contribution is 2.19. The van der Waals surface area contributed by atoms with E-state index in [9.17, 15) is 14.9 Å². The van der Waals surface area contributed by atoms with Gasteiger partial charge in [-0.3, -0.25) is 10.1 Å². The molecule has 6 heteroatoms. The molecule has 0 aliphatic carbocycles. The first kappa shape index (κ1) is 14.4. The maximum atomic E-state index is 11.4. The first-order chi connectivity index (χ1) is 8.99. The summed E-state index contributed by atoms with van der Waals surface area (Å²) < 4.78 is 4.73. The molecule has 0 bridgehead atoms. The lowest BCUT2D eigenvalue weighted by Gasteiger charge is -2.02. The SMILES string of the molecule is CCOC(=O)C(C#N)=Cc1ccc([N+](=O)[O-])cc1C. The van der Waals surface area contributed by atoms with E-state index in [1.165, 1.54) is 24.3 Å². The molecule has 1 aromatic rings. The number of nitrogens with zero attached hydrogens (tertiary/aromatic N) is 2. The van der Waals surface area contributed by atoms with E-state index in [1.54, 1.807) is 19.9 Å². The van der Waals surface area contributed by atoms with Gasteiger partial charge in [0.2, 0.25) is 0 Å². The summed E-state index contributed by atoms with van der Waals surface area (Å²) in [5, 5.41) is 19.5. The van der Waals surface area contributed by atoms with E-state index in [4.69, 9.17) is 10.00 Å². The number of nitriles is 1. The Morgan fingerprint density at radius 3 is 2.74 bits per heavy atom. The number of nitro groups is 1. The number of non-ortho nitro benzene ring substituents is 1. The van der Waals surface area contributed by atoms with Gasteiger partial charge in [0.1, 0.15) is 11.6 Å². The topological polar surface area (TPSA) is 93.2 Å². The Balaban J connectivity index is 3.13. The summed E-state index contributed by atoms with van der Waals surface area (Å²) in [5.74, 6) is -0.706. The van der Waals surface area contributed by atoms with E-state index in [2.05, 4.69) is 0 Å². The molecule has 0 aliphatic heterocycles. The van der Waals surface area contributed by atoms with Crippen LogP contribution in [0.1, 0.15) is 18.1 Å².